The standard InChI is InChI=1S/C23H31N3O3/c1-23(2,3)29-22(28)26-18(21(24)27)13-16-15-11-7-8-12-17(15)25-19(16)20(26)14-9-5-4-6-10-14/h7-8,11-12,14,18,20,25H,4-6,9-10,13H2,1-3H3,(H2,24,27)/t18-,20-/m1/s1. The molecule has 1 aliphatic carbocycles. The van der Waals surface area contributed by atoms with Crippen LogP contribution in [0.4, 0.5) is 4.79 Å². The molecule has 1 aromatic carbocycles. The second-order valence-electron chi connectivity index (χ2n) is 9.42. The first-order valence-electron chi connectivity index (χ1n) is 10.7. The molecule has 2 amide bonds. The maximum Gasteiger partial charge on any atom is 0.411 e. The fraction of sp³-hybridized carbons (Fsp3) is 0.565. The predicted octanol–water partition coefficient (Wildman–Crippen LogP) is 4.44. The topological polar surface area (TPSA) is 88.4 Å². The largest absolute Gasteiger partial charge is 0.444 e. The minimum atomic E-state index is -0.705. The third-order valence-corrected chi connectivity index (χ3v) is 6.20. The van der Waals surface area contributed by atoms with E-state index in [0.717, 1.165) is 47.8 Å². The Morgan fingerprint density at radius 2 is 1.83 bits per heavy atom. The van der Waals surface area contributed by atoms with Crippen molar-refractivity contribution in [3.05, 3.63) is 35.5 Å². The minimum Gasteiger partial charge on any atom is -0.444 e. The van der Waals surface area contributed by atoms with Crippen molar-refractivity contribution in [1.82, 2.24) is 9.88 Å². The van der Waals surface area contributed by atoms with Crippen LogP contribution in [-0.2, 0) is 16.0 Å². The molecule has 1 aliphatic heterocycles. The van der Waals surface area contributed by atoms with Gasteiger partial charge in [0, 0.05) is 23.0 Å². The van der Waals surface area contributed by atoms with E-state index in [0.29, 0.717) is 6.42 Å². The van der Waals surface area contributed by atoms with E-state index in [4.69, 9.17) is 10.5 Å². The number of nitrogens with zero attached hydrogens (tertiary/aromatic N) is 1. The molecule has 1 fully saturated rings. The molecular weight excluding hydrogens is 366 g/mol. The van der Waals surface area contributed by atoms with E-state index >= 15 is 0 Å². The summed E-state index contributed by atoms with van der Waals surface area (Å²) in [5.74, 6) is -0.196. The number of fused-ring (bicyclic) bond motifs is 3. The molecule has 0 radical (unpaired) electrons. The summed E-state index contributed by atoms with van der Waals surface area (Å²) in [7, 11) is 0. The Kier molecular flexibility index (Phi) is 5.05. The van der Waals surface area contributed by atoms with Gasteiger partial charge in [0.2, 0.25) is 5.91 Å². The quantitative estimate of drug-likeness (QED) is 0.785. The first kappa shape index (κ1) is 19.8. The zero-order chi connectivity index (χ0) is 20.8. The van der Waals surface area contributed by atoms with Gasteiger partial charge in [-0.2, -0.15) is 0 Å². The highest BCUT2D eigenvalue weighted by Crippen LogP contribution is 2.45. The van der Waals surface area contributed by atoms with Gasteiger partial charge in [0.25, 0.3) is 0 Å². The number of carbonyl (C=O) groups is 2. The second kappa shape index (κ2) is 7.39. The average Bonchev–Trinajstić information content (AvgIpc) is 3.04. The number of aromatic nitrogens is 1. The van der Waals surface area contributed by atoms with Gasteiger partial charge in [0.1, 0.15) is 11.6 Å². The van der Waals surface area contributed by atoms with E-state index < -0.39 is 23.6 Å². The molecule has 156 valence electrons. The number of nitrogens with one attached hydrogen (secondary N) is 1. The van der Waals surface area contributed by atoms with Crippen molar-refractivity contribution in [3.63, 3.8) is 0 Å². The van der Waals surface area contributed by atoms with Gasteiger partial charge in [-0.25, -0.2) is 4.79 Å². The van der Waals surface area contributed by atoms with Gasteiger partial charge in [0.05, 0.1) is 6.04 Å². The summed E-state index contributed by atoms with van der Waals surface area (Å²) in [6, 6.07) is 7.19. The van der Waals surface area contributed by atoms with Crippen molar-refractivity contribution in [2.24, 2.45) is 11.7 Å². The number of hydrogen-bond donors (Lipinski definition) is 2. The Bertz CT molecular complexity index is 921. The Morgan fingerprint density at radius 3 is 2.48 bits per heavy atom. The van der Waals surface area contributed by atoms with E-state index in [1.54, 1.807) is 4.90 Å². The number of carbonyl (C=O) groups excluding carboxylic acids is 2. The number of primary amides is 1. The van der Waals surface area contributed by atoms with Crippen LogP contribution in [-0.4, -0.2) is 33.5 Å². The normalized spacial score (nSPS) is 23.1. The lowest BCUT2D eigenvalue weighted by Crippen LogP contribution is -2.56. The molecular formula is C23H31N3O3. The van der Waals surface area contributed by atoms with Gasteiger partial charge in [-0.15, -0.1) is 0 Å². The van der Waals surface area contributed by atoms with E-state index in [2.05, 4.69) is 11.1 Å². The molecule has 2 atom stereocenters. The van der Waals surface area contributed by atoms with Crippen molar-refractivity contribution in [2.75, 3.05) is 0 Å². The SMILES string of the molecule is CC(C)(C)OC(=O)N1[C@@H](C(N)=O)Cc2c([nH]c3ccccc23)[C@H]1C1CCCCC1. The number of benzene rings is 1. The number of para-hydroxylation sites is 1. The van der Waals surface area contributed by atoms with E-state index in [1.807, 2.05) is 39.0 Å². The average molecular weight is 398 g/mol. The van der Waals surface area contributed by atoms with Crippen LogP contribution in [0.2, 0.25) is 0 Å². The first-order valence-corrected chi connectivity index (χ1v) is 10.7. The molecule has 2 aliphatic rings. The molecule has 3 N–H and O–H groups in total. The van der Waals surface area contributed by atoms with Crippen molar-refractivity contribution in [1.29, 1.82) is 0 Å². The number of aromatic amines is 1. The van der Waals surface area contributed by atoms with Gasteiger partial charge in [-0.05, 0) is 51.2 Å². The Hall–Kier alpha value is -2.50. The lowest BCUT2D eigenvalue weighted by atomic mass is 9.78. The van der Waals surface area contributed by atoms with Crippen LogP contribution < -0.4 is 5.73 Å². The third kappa shape index (κ3) is 3.72. The van der Waals surface area contributed by atoms with Gasteiger partial charge in [0.15, 0.2) is 0 Å². The van der Waals surface area contributed by atoms with E-state index in [-0.39, 0.29) is 12.0 Å². The fourth-order valence-corrected chi connectivity index (χ4v) is 5.02. The molecule has 4 rings (SSSR count). The summed E-state index contributed by atoms with van der Waals surface area (Å²) in [6.45, 7) is 5.54. The van der Waals surface area contributed by atoms with E-state index in [1.165, 1.54) is 6.42 Å². The molecule has 1 aromatic heterocycles. The number of rotatable bonds is 2. The number of nitrogens with two attached hydrogens (primary N) is 1. The van der Waals surface area contributed by atoms with Crippen LogP contribution in [0.15, 0.2) is 24.3 Å². The van der Waals surface area contributed by atoms with Crippen LogP contribution in [0.5, 0.6) is 0 Å². The second-order valence-corrected chi connectivity index (χ2v) is 9.42. The molecule has 0 bridgehead atoms. The molecule has 29 heavy (non-hydrogen) atoms. The summed E-state index contributed by atoms with van der Waals surface area (Å²) in [5.41, 5.74) is 8.37. The highest BCUT2D eigenvalue weighted by atomic mass is 16.6. The van der Waals surface area contributed by atoms with Crippen molar-refractivity contribution in [2.45, 2.75) is 77.0 Å². The smallest absolute Gasteiger partial charge is 0.411 e. The molecule has 1 saturated carbocycles. The summed E-state index contributed by atoms with van der Waals surface area (Å²) >= 11 is 0. The summed E-state index contributed by atoms with van der Waals surface area (Å²) in [6.07, 6.45) is 5.52. The maximum atomic E-state index is 13.3. The molecule has 0 spiro atoms. The van der Waals surface area contributed by atoms with Gasteiger partial charge in [-0.1, -0.05) is 37.5 Å². The zero-order valence-electron chi connectivity index (χ0n) is 17.5. The lowest BCUT2D eigenvalue weighted by molar-refractivity contribution is -0.125. The minimum absolute atomic E-state index is 0.223. The van der Waals surface area contributed by atoms with Gasteiger partial charge >= 0.3 is 6.09 Å². The van der Waals surface area contributed by atoms with Gasteiger partial charge < -0.3 is 15.5 Å². The molecule has 0 saturated heterocycles. The van der Waals surface area contributed by atoms with Crippen LogP contribution in [0.25, 0.3) is 10.9 Å². The molecule has 6 heteroatoms. The van der Waals surface area contributed by atoms with Crippen LogP contribution in [0.3, 0.4) is 0 Å². The summed E-state index contributed by atoms with van der Waals surface area (Å²) < 4.78 is 5.73. The summed E-state index contributed by atoms with van der Waals surface area (Å²) in [4.78, 5) is 31.0. The monoisotopic (exact) mass is 397 g/mol. The van der Waals surface area contributed by atoms with Crippen LogP contribution >= 0.6 is 0 Å². The first-order chi connectivity index (χ1) is 13.8. The highest BCUT2D eigenvalue weighted by molar-refractivity contribution is 5.90. The van der Waals surface area contributed by atoms with Crippen molar-refractivity contribution < 1.29 is 14.3 Å². The fourth-order valence-electron chi connectivity index (χ4n) is 5.02. The Labute approximate surface area is 171 Å². The van der Waals surface area contributed by atoms with E-state index in [9.17, 15) is 9.59 Å². The lowest BCUT2D eigenvalue weighted by Gasteiger charge is -2.45. The van der Waals surface area contributed by atoms with Crippen molar-refractivity contribution in [3.8, 4) is 0 Å². The van der Waals surface area contributed by atoms with Crippen LogP contribution in [0.1, 0.15) is 70.2 Å². The molecule has 2 aromatic rings. The maximum absolute atomic E-state index is 13.3. The highest BCUT2D eigenvalue weighted by Gasteiger charge is 2.46. The molecule has 2 heterocycles. The number of amides is 2. The Balaban J connectivity index is 1.86. The predicted molar refractivity (Wildman–Crippen MR) is 112 cm³/mol. The van der Waals surface area contributed by atoms with Crippen molar-refractivity contribution >= 4 is 22.9 Å². The number of H-pyrrole nitrogens is 1. The number of hydrogen-bond acceptors (Lipinski definition) is 3. The molecule has 0 unspecified atom stereocenters. The number of ether oxygens (including phenoxy) is 1. The zero-order valence-corrected chi connectivity index (χ0v) is 17.5. The van der Waals surface area contributed by atoms with Crippen LogP contribution in [0, 0.1) is 5.92 Å². The third-order valence-electron chi connectivity index (χ3n) is 6.20. The molecule has 6 nitrogen and oxygen atoms in total. The van der Waals surface area contributed by atoms with Gasteiger partial charge in [-0.3, -0.25) is 9.69 Å². The summed E-state index contributed by atoms with van der Waals surface area (Å²) in [5, 5.41) is 1.11. The Morgan fingerprint density at radius 1 is 1.14 bits per heavy atom.